The zero-order chi connectivity index (χ0) is 24.6. The van der Waals surface area contributed by atoms with Crippen molar-refractivity contribution >= 4 is 29.1 Å². The average molecular weight is 497 g/mol. The van der Waals surface area contributed by atoms with Crippen LogP contribution >= 0.6 is 11.6 Å². The number of benzene rings is 2. The Morgan fingerprint density at radius 1 is 1.11 bits per heavy atom. The molecule has 1 saturated carbocycles. The molecule has 0 saturated heterocycles. The normalized spacial score (nSPS) is 13.9. The Labute approximate surface area is 209 Å². The average Bonchev–Trinajstić information content (AvgIpc) is 3.34. The first-order chi connectivity index (χ1) is 17.0. The fourth-order valence-corrected chi connectivity index (χ4v) is 4.27. The van der Waals surface area contributed by atoms with Gasteiger partial charge in [0.15, 0.2) is 0 Å². The number of halogens is 1. The molecule has 1 aliphatic rings. The van der Waals surface area contributed by atoms with Crippen molar-refractivity contribution in [1.29, 1.82) is 0 Å². The molecule has 35 heavy (non-hydrogen) atoms. The van der Waals surface area contributed by atoms with Gasteiger partial charge in [0.25, 0.3) is 5.91 Å². The Hall–Kier alpha value is -3.39. The molecule has 3 aromatic rings. The SMILES string of the molecule is CCOc1ccc(-c2noc(CCC(=O)Nc3ccc(Cl)c(C(=O)NC4CCCCC4)c3)n2)cc1. The van der Waals surface area contributed by atoms with Crippen LogP contribution in [0.15, 0.2) is 47.0 Å². The van der Waals surface area contributed by atoms with E-state index in [1.165, 1.54) is 6.42 Å². The fraction of sp³-hybridized carbons (Fsp3) is 0.385. The van der Waals surface area contributed by atoms with E-state index < -0.39 is 0 Å². The lowest BCUT2D eigenvalue weighted by molar-refractivity contribution is -0.116. The predicted octanol–water partition coefficient (Wildman–Crippen LogP) is 5.42. The van der Waals surface area contributed by atoms with Gasteiger partial charge in [-0.15, -0.1) is 0 Å². The van der Waals surface area contributed by atoms with E-state index in [1.807, 2.05) is 31.2 Å². The third-order valence-electron chi connectivity index (χ3n) is 5.89. The first-order valence-electron chi connectivity index (χ1n) is 12.0. The fourth-order valence-electron chi connectivity index (χ4n) is 4.07. The van der Waals surface area contributed by atoms with E-state index in [0.717, 1.165) is 37.0 Å². The number of hydrogen-bond acceptors (Lipinski definition) is 6. The maximum absolute atomic E-state index is 12.7. The van der Waals surface area contributed by atoms with Crippen LogP contribution in [0.3, 0.4) is 0 Å². The van der Waals surface area contributed by atoms with E-state index in [1.54, 1.807) is 18.2 Å². The molecular formula is C26H29ClN4O4. The van der Waals surface area contributed by atoms with Crippen LogP contribution in [-0.2, 0) is 11.2 Å². The summed E-state index contributed by atoms with van der Waals surface area (Å²) in [5.41, 5.74) is 1.66. The maximum Gasteiger partial charge on any atom is 0.253 e. The number of carbonyl (C=O) groups is 2. The Balaban J connectivity index is 1.31. The molecule has 2 N–H and O–H groups in total. The Kier molecular flexibility index (Phi) is 8.36. The lowest BCUT2D eigenvalue weighted by atomic mass is 9.95. The van der Waals surface area contributed by atoms with Gasteiger partial charge in [-0.2, -0.15) is 4.98 Å². The van der Waals surface area contributed by atoms with Crippen LogP contribution in [0.4, 0.5) is 5.69 Å². The van der Waals surface area contributed by atoms with Gasteiger partial charge in [0.1, 0.15) is 5.75 Å². The molecule has 0 radical (unpaired) electrons. The molecule has 184 valence electrons. The molecule has 0 bridgehead atoms. The lowest BCUT2D eigenvalue weighted by Gasteiger charge is -2.23. The molecule has 4 rings (SSSR count). The van der Waals surface area contributed by atoms with Crippen molar-refractivity contribution in [3.63, 3.8) is 0 Å². The van der Waals surface area contributed by atoms with Crippen molar-refractivity contribution in [3.8, 4) is 17.1 Å². The minimum absolute atomic E-state index is 0.150. The smallest absolute Gasteiger partial charge is 0.253 e. The van der Waals surface area contributed by atoms with Gasteiger partial charge in [-0.1, -0.05) is 36.0 Å². The highest BCUT2D eigenvalue weighted by atomic mass is 35.5. The quantitative estimate of drug-likeness (QED) is 0.409. The van der Waals surface area contributed by atoms with E-state index in [4.69, 9.17) is 20.9 Å². The van der Waals surface area contributed by atoms with Crippen molar-refractivity contribution in [1.82, 2.24) is 15.5 Å². The number of carbonyl (C=O) groups excluding carboxylic acids is 2. The summed E-state index contributed by atoms with van der Waals surface area (Å²) in [6.45, 7) is 2.52. The van der Waals surface area contributed by atoms with Gasteiger partial charge in [0.05, 0.1) is 17.2 Å². The number of aromatic nitrogens is 2. The molecule has 2 amide bonds. The van der Waals surface area contributed by atoms with Gasteiger partial charge in [0.2, 0.25) is 17.6 Å². The van der Waals surface area contributed by atoms with Gasteiger partial charge < -0.3 is 19.9 Å². The number of aryl methyl sites for hydroxylation is 1. The molecule has 1 aromatic heterocycles. The number of amides is 2. The Morgan fingerprint density at radius 2 is 1.89 bits per heavy atom. The van der Waals surface area contributed by atoms with Crippen molar-refractivity contribution < 1.29 is 18.8 Å². The summed E-state index contributed by atoms with van der Waals surface area (Å²) >= 11 is 6.26. The molecule has 1 fully saturated rings. The van der Waals surface area contributed by atoms with Crippen molar-refractivity contribution in [2.24, 2.45) is 0 Å². The summed E-state index contributed by atoms with van der Waals surface area (Å²) in [6.07, 6.45) is 5.86. The summed E-state index contributed by atoms with van der Waals surface area (Å²) in [5.74, 6) is 1.15. The minimum atomic E-state index is -0.230. The van der Waals surface area contributed by atoms with Crippen LogP contribution in [0.1, 0.15) is 61.7 Å². The van der Waals surface area contributed by atoms with Gasteiger partial charge in [0, 0.05) is 30.1 Å². The van der Waals surface area contributed by atoms with Gasteiger partial charge >= 0.3 is 0 Å². The number of nitrogens with one attached hydrogen (secondary N) is 2. The molecule has 0 unspecified atom stereocenters. The number of ether oxygens (including phenoxy) is 1. The second-order valence-corrected chi connectivity index (χ2v) is 8.93. The minimum Gasteiger partial charge on any atom is -0.494 e. The third kappa shape index (κ3) is 6.82. The second-order valence-electron chi connectivity index (χ2n) is 8.52. The summed E-state index contributed by atoms with van der Waals surface area (Å²) in [4.78, 5) is 29.6. The van der Waals surface area contributed by atoms with Crippen LogP contribution < -0.4 is 15.4 Å². The van der Waals surface area contributed by atoms with E-state index in [9.17, 15) is 9.59 Å². The number of hydrogen-bond donors (Lipinski definition) is 2. The standard InChI is InChI=1S/C26H29ClN4O4/c1-2-34-20-11-8-17(9-12-20)25-30-24(35-31-25)15-14-23(32)28-19-10-13-22(27)21(16-19)26(33)29-18-6-4-3-5-7-18/h8-13,16,18H,2-7,14-15H2,1H3,(H,28,32)(H,29,33). The van der Waals surface area contributed by atoms with E-state index in [2.05, 4.69) is 20.8 Å². The zero-order valence-corrected chi connectivity index (χ0v) is 20.4. The highest BCUT2D eigenvalue weighted by molar-refractivity contribution is 6.34. The number of nitrogens with zero attached hydrogens (tertiary/aromatic N) is 2. The largest absolute Gasteiger partial charge is 0.494 e. The predicted molar refractivity (Wildman–Crippen MR) is 134 cm³/mol. The van der Waals surface area contributed by atoms with E-state index in [0.29, 0.717) is 41.0 Å². The topological polar surface area (TPSA) is 106 Å². The first-order valence-corrected chi connectivity index (χ1v) is 12.4. The summed E-state index contributed by atoms with van der Waals surface area (Å²) in [7, 11) is 0. The molecule has 0 atom stereocenters. The van der Waals surface area contributed by atoms with Crippen molar-refractivity contribution in [2.45, 2.75) is 57.9 Å². The molecule has 0 aliphatic heterocycles. The summed E-state index contributed by atoms with van der Waals surface area (Å²) in [6, 6.07) is 12.5. The Bertz CT molecular complexity index is 1160. The van der Waals surface area contributed by atoms with Crippen LogP contribution in [0.5, 0.6) is 5.75 Å². The maximum atomic E-state index is 12.7. The summed E-state index contributed by atoms with van der Waals surface area (Å²) < 4.78 is 10.7. The van der Waals surface area contributed by atoms with Crippen molar-refractivity contribution in [2.75, 3.05) is 11.9 Å². The number of anilines is 1. The van der Waals surface area contributed by atoms with Gasteiger partial charge in [-0.05, 0) is 62.2 Å². The molecule has 2 aromatic carbocycles. The molecule has 1 aliphatic carbocycles. The molecule has 0 spiro atoms. The highest BCUT2D eigenvalue weighted by Gasteiger charge is 2.19. The zero-order valence-electron chi connectivity index (χ0n) is 19.7. The van der Waals surface area contributed by atoms with Crippen molar-refractivity contribution in [3.05, 3.63) is 58.9 Å². The van der Waals surface area contributed by atoms with Gasteiger partial charge in [-0.3, -0.25) is 9.59 Å². The first kappa shape index (κ1) is 24.7. The Morgan fingerprint density at radius 3 is 2.63 bits per heavy atom. The van der Waals surface area contributed by atoms with Crippen LogP contribution in [-0.4, -0.2) is 34.6 Å². The third-order valence-corrected chi connectivity index (χ3v) is 6.22. The number of rotatable bonds is 9. The highest BCUT2D eigenvalue weighted by Crippen LogP contribution is 2.24. The lowest BCUT2D eigenvalue weighted by Crippen LogP contribution is -2.36. The van der Waals surface area contributed by atoms with Crippen LogP contribution in [0, 0.1) is 0 Å². The monoisotopic (exact) mass is 496 g/mol. The van der Waals surface area contributed by atoms with Crippen LogP contribution in [0.2, 0.25) is 5.02 Å². The second kappa shape index (κ2) is 11.8. The molecule has 8 nitrogen and oxygen atoms in total. The molecule has 1 heterocycles. The summed E-state index contributed by atoms with van der Waals surface area (Å²) in [5, 5.41) is 10.2. The van der Waals surface area contributed by atoms with Gasteiger partial charge in [-0.25, -0.2) is 0 Å². The molecular weight excluding hydrogens is 468 g/mol. The van der Waals surface area contributed by atoms with Crippen LogP contribution in [0.25, 0.3) is 11.4 Å². The van der Waals surface area contributed by atoms with E-state index >= 15 is 0 Å². The molecule has 9 heteroatoms. The van der Waals surface area contributed by atoms with E-state index in [-0.39, 0.29) is 24.3 Å².